The molecule has 0 bridgehead atoms. The van der Waals surface area contributed by atoms with Crippen LogP contribution in [-0.4, -0.2) is 29.1 Å². The molecule has 1 amide bonds. The van der Waals surface area contributed by atoms with Gasteiger partial charge in [-0.05, 0) is 31.2 Å². The molecule has 110 valence electrons. The number of carbonyl (C=O) groups excluding carboxylic acids is 1. The summed E-state index contributed by atoms with van der Waals surface area (Å²) in [4.78, 5) is 14.9. The van der Waals surface area contributed by atoms with Crippen LogP contribution < -0.4 is 0 Å². The number of halogens is 1. The molecule has 4 nitrogen and oxygen atoms in total. The third kappa shape index (κ3) is 6.08. The predicted octanol–water partition coefficient (Wildman–Crippen LogP) is 3.48. The molecule has 0 aliphatic heterocycles. The Morgan fingerprint density at radius 2 is 1.76 bits per heavy atom. The van der Waals surface area contributed by atoms with Crippen molar-refractivity contribution in [3.8, 4) is 12.1 Å². The monoisotopic (exact) mass is 321 g/mol. The van der Waals surface area contributed by atoms with Crippen LogP contribution in [-0.2, 0) is 4.79 Å². The van der Waals surface area contributed by atoms with E-state index in [4.69, 9.17) is 22.1 Å². The highest BCUT2D eigenvalue weighted by Gasteiger charge is 2.21. The first-order valence-electron chi connectivity index (χ1n) is 6.53. The predicted molar refractivity (Wildman–Crippen MR) is 83.8 cm³/mol. The summed E-state index contributed by atoms with van der Waals surface area (Å²) in [7, 11) is 0. The third-order valence-electron chi connectivity index (χ3n) is 2.77. The number of rotatable bonds is 7. The largest absolute Gasteiger partial charge is 0.340 e. The van der Waals surface area contributed by atoms with Gasteiger partial charge in [0.2, 0.25) is 5.91 Å². The molecular weight excluding hydrogens is 306 g/mol. The summed E-state index contributed by atoms with van der Waals surface area (Å²) in [6.07, 6.45) is 0.547. The number of nitrogens with zero attached hydrogens (tertiary/aromatic N) is 3. The van der Waals surface area contributed by atoms with Gasteiger partial charge in [0, 0.05) is 23.0 Å². The van der Waals surface area contributed by atoms with Crippen LogP contribution in [0.3, 0.4) is 0 Å². The Morgan fingerprint density at radius 1 is 1.24 bits per heavy atom. The quantitative estimate of drug-likeness (QED) is 0.721. The van der Waals surface area contributed by atoms with Crippen molar-refractivity contribution in [1.29, 1.82) is 10.5 Å². The van der Waals surface area contributed by atoms with Gasteiger partial charge in [0.25, 0.3) is 0 Å². The van der Waals surface area contributed by atoms with Crippen molar-refractivity contribution in [1.82, 2.24) is 4.90 Å². The van der Waals surface area contributed by atoms with Gasteiger partial charge in [-0.1, -0.05) is 11.6 Å². The molecule has 6 heteroatoms. The smallest absolute Gasteiger partial charge is 0.235 e. The third-order valence-corrected chi connectivity index (χ3v) is 4.12. The molecule has 1 aromatic rings. The molecule has 0 aliphatic rings. The summed E-state index contributed by atoms with van der Waals surface area (Å²) >= 11 is 7.27. The van der Waals surface area contributed by atoms with E-state index in [0.717, 1.165) is 4.90 Å². The first-order chi connectivity index (χ1) is 10.1. The maximum Gasteiger partial charge on any atom is 0.235 e. The fraction of sp³-hybridized carbons (Fsp3) is 0.400. The molecule has 0 aliphatic carbocycles. The summed E-state index contributed by atoms with van der Waals surface area (Å²) in [5.41, 5.74) is 0. The van der Waals surface area contributed by atoms with Crippen LogP contribution in [0.15, 0.2) is 29.2 Å². The molecule has 0 N–H and O–H groups in total. The highest BCUT2D eigenvalue weighted by molar-refractivity contribution is 8.00. The summed E-state index contributed by atoms with van der Waals surface area (Å²) in [6, 6.07) is 11.3. The topological polar surface area (TPSA) is 67.9 Å². The van der Waals surface area contributed by atoms with Gasteiger partial charge >= 0.3 is 0 Å². The van der Waals surface area contributed by atoms with Crippen molar-refractivity contribution >= 4 is 29.3 Å². The summed E-state index contributed by atoms with van der Waals surface area (Å²) in [5, 5.41) is 17.7. The molecule has 0 radical (unpaired) electrons. The first-order valence-corrected chi connectivity index (χ1v) is 7.79. The van der Waals surface area contributed by atoms with Crippen molar-refractivity contribution in [2.45, 2.75) is 29.9 Å². The lowest BCUT2D eigenvalue weighted by atomic mass is 10.3. The van der Waals surface area contributed by atoms with Gasteiger partial charge in [-0.2, -0.15) is 10.5 Å². The molecule has 0 saturated heterocycles. The number of thioether (sulfide) groups is 1. The molecule has 0 heterocycles. The standard InChI is InChI=1S/C15H16ClN3OS/c1-12(21-14-6-4-13(16)5-7-14)15(20)19(10-2-8-17)11-3-9-18/h4-7,12H,2-3,10-11H2,1H3. The van der Waals surface area contributed by atoms with Crippen molar-refractivity contribution in [3.63, 3.8) is 0 Å². The molecule has 0 fully saturated rings. The van der Waals surface area contributed by atoms with Crippen molar-refractivity contribution in [2.75, 3.05) is 13.1 Å². The van der Waals surface area contributed by atoms with E-state index in [1.807, 2.05) is 31.2 Å². The zero-order valence-electron chi connectivity index (χ0n) is 11.8. The summed E-state index contributed by atoms with van der Waals surface area (Å²) in [6.45, 7) is 2.55. The van der Waals surface area contributed by atoms with Crippen molar-refractivity contribution in [3.05, 3.63) is 29.3 Å². The van der Waals surface area contributed by atoms with E-state index in [9.17, 15) is 4.79 Å². The van der Waals surface area contributed by atoms with E-state index in [0.29, 0.717) is 18.1 Å². The molecule has 0 saturated carbocycles. The second-order valence-electron chi connectivity index (χ2n) is 4.36. The van der Waals surface area contributed by atoms with Gasteiger partial charge < -0.3 is 4.90 Å². The van der Waals surface area contributed by atoms with Crippen LogP contribution >= 0.6 is 23.4 Å². The Bertz CT molecular complexity index is 530. The second kappa shape index (κ2) is 9.28. The van der Waals surface area contributed by atoms with Gasteiger partial charge in [0.1, 0.15) is 0 Å². The second-order valence-corrected chi connectivity index (χ2v) is 6.21. The van der Waals surface area contributed by atoms with Crippen LogP contribution in [0.5, 0.6) is 0 Å². The minimum atomic E-state index is -0.274. The van der Waals surface area contributed by atoms with E-state index >= 15 is 0 Å². The Kier molecular flexibility index (Phi) is 7.68. The van der Waals surface area contributed by atoms with E-state index in [1.165, 1.54) is 11.8 Å². The summed E-state index contributed by atoms with van der Waals surface area (Å²) < 4.78 is 0. The van der Waals surface area contributed by atoms with Gasteiger partial charge in [0.15, 0.2) is 0 Å². The maximum atomic E-state index is 12.4. The van der Waals surface area contributed by atoms with Crippen LogP contribution in [0.1, 0.15) is 19.8 Å². The van der Waals surface area contributed by atoms with Crippen LogP contribution in [0.25, 0.3) is 0 Å². The molecule has 0 aromatic heterocycles. The lowest BCUT2D eigenvalue weighted by Gasteiger charge is -2.23. The van der Waals surface area contributed by atoms with Gasteiger partial charge in [-0.25, -0.2) is 0 Å². The van der Waals surface area contributed by atoms with E-state index in [1.54, 1.807) is 17.0 Å². The van der Waals surface area contributed by atoms with Crippen molar-refractivity contribution in [2.24, 2.45) is 0 Å². The van der Waals surface area contributed by atoms with Gasteiger partial charge in [-0.15, -0.1) is 11.8 Å². The molecule has 1 rings (SSSR count). The molecule has 1 unspecified atom stereocenters. The molecule has 21 heavy (non-hydrogen) atoms. The molecule has 0 spiro atoms. The number of hydrogen-bond donors (Lipinski definition) is 0. The zero-order chi connectivity index (χ0) is 15.7. The highest BCUT2D eigenvalue weighted by atomic mass is 35.5. The lowest BCUT2D eigenvalue weighted by molar-refractivity contribution is -0.130. The molecule has 1 aromatic carbocycles. The minimum absolute atomic E-state index is 0.0551. The summed E-state index contributed by atoms with van der Waals surface area (Å²) in [5.74, 6) is -0.0551. The number of hydrogen-bond acceptors (Lipinski definition) is 4. The zero-order valence-corrected chi connectivity index (χ0v) is 13.3. The van der Waals surface area contributed by atoms with Crippen LogP contribution in [0.4, 0.5) is 0 Å². The Morgan fingerprint density at radius 3 is 2.24 bits per heavy atom. The van der Waals surface area contributed by atoms with Crippen LogP contribution in [0, 0.1) is 22.7 Å². The van der Waals surface area contributed by atoms with Gasteiger partial charge in [0.05, 0.1) is 30.2 Å². The van der Waals surface area contributed by atoms with E-state index < -0.39 is 0 Å². The Labute approximate surface area is 134 Å². The van der Waals surface area contributed by atoms with E-state index in [-0.39, 0.29) is 24.0 Å². The molecule has 1 atom stereocenters. The number of amides is 1. The first kappa shape index (κ1) is 17.4. The van der Waals surface area contributed by atoms with E-state index in [2.05, 4.69) is 0 Å². The molecular formula is C15H16ClN3OS. The average molecular weight is 322 g/mol. The fourth-order valence-electron chi connectivity index (χ4n) is 1.73. The average Bonchev–Trinajstić information content (AvgIpc) is 2.49. The Balaban J connectivity index is 2.66. The number of benzene rings is 1. The number of carbonyl (C=O) groups is 1. The lowest BCUT2D eigenvalue weighted by Crippen LogP contribution is -2.37. The SMILES string of the molecule is CC(Sc1ccc(Cl)cc1)C(=O)N(CCC#N)CCC#N. The van der Waals surface area contributed by atoms with Crippen LogP contribution in [0.2, 0.25) is 5.02 Å². The maximum absolute atomic E-state index is 12.4. The highest BCUT2D eigenvalue weighted by Crippen LogP contribution is 2.25. The normalized spacial score (nSPS) is 11.2. The Hall–Kier alpha value is -1.69. The minimum Gasteiger partial charge on any atom is -0.340 e. The van der Waals surface area contributed by atoms with Gasteiger partial charge in [-0.3, -0.25) is 4.79 Å². The fourth-order valence-corrected chi connectivity index (χ4v) is 2.80. The van der Waals surface area contributed by atoms with Crippen molar-refractivity contribution < 1.29 is 4.79 Å². The number of nitriles is 2.